The first-order valence-corrected chi connectivity index (χ1v) is 8.04. The molecule has 0 saturated carbocycles. The van der Waals surface area contributed by atoms with Gasteiger partial charge in [0, 0.05) is 28.9 Å². The van der Waals surface area contributed by atoms with Crippen LogP contribution in [0.25, 0.3) is 0 Å². The number of halogens is 3. The second-order valence-corrected chi connectivity index (χ2v) is 7.54. The van der Waals surface area contributed by atoms with Crippen LogP contribution in [-0.2, 0) is 70.4 Å². The van der Waals surface area contributed by atoms with Crippen LogP contribution in [0.2, 0.25) is 0 Å². The molecule has 1 aromatic carbocycles. The fourth-order valence-electron chi connectivity index (χ4n) is 2.03. The molecular weight excluding hydrogens is 528 g/mol. The van der Waals surface area contributed by atoms with E-state index in [2.05, 4.69) is 0 Å². The van der Waals surface area contributed by atoms with Gasteiger partial charge in [0.25, 0.3) is 9.84 Å². The van der Waals surface area contributed by atoms with Gasteiger partial charge in [0.15, 0.2) is 0 Å². The van der Waals surface area contributed by atoms with Gasteiger partial charge in [-0.05, 0) is 36.2 Å². The van der Waals surface area contributed by atoms with Crippen molar-refractivity contribution in [1.29, 1.82) is 0 Å². The van der Waals surface area contributed by atoms with Crippen LogP contribution in [0.5, 0.6) is 0 Å². The quantitative estimate of drug-likeness (QED) is 0.424. The van der Waals surface area contributed by atoms with E-state index in [1.807, 2.05) is 4.90 Å². The average molecular weight is 538 g/mol. The SMILES string of the molecule is O=S(=O)(c1ccc2c(c1)CCN(C([S-])[S-])C2)C(F)(F)F.[Au]. The number of hydrogen-bond acceptors (Lipinski definition) is 5. The third-order valence-electron chi connectivity index (χ3n) is 3.13. The molecule has 0 aromatic heterocycles. The molecule has 1 aromatic rings. The van der Waals surface area contributed by atoms with E-state index in [0.29, 0.717) is 25.1 Å². The van der Waals surface area contributed by atoms with E-state index in [0.717, 1.165) is 17.7 Å². The maximum absolute atomic E-state index is 12.5. The molecule has 1 heterocycles. The summed E-state index contributed by atoms with van der Waals surface area (Å²) in [5, 5.41) is 0. The number of nitrogens with zero attached hydrogens (tertiary/aromatic N) is 1. The van der Waals surface area contributed by atoms with Crippen molar-refractivity contribution in [2.75, 3.05) is 6.54 Å². The minimum atomic E-state index is -5.29. The Morgan fingerprint density at radius 2 is 1.81 bits per heavy atom. The Labute approximate surface area is 147 Å². The van der Waals surface area contributed by atoms with E-state index in [1.54, 1.807) is 0 Å². The van der Waals surface area contributed by atoms with E-state index in [9.17, 15) is 21.6 Å². The molecule has 1 aliphatic rings. The second-order valence-electron chi connectivity index (χ2n) is 4.41. The minimum absolute atomic E-state index is 0. The first-order valence-electron chi connectivity index (χ1n) is 5.62. The van der Waals surface area contributed by atoms with Crippen LogP contribution in [0.1, 0.15) is 11.1 Å². The molecule has 0 fully saturated rings. The Hall–Kier alpha value is 0.360. The van der Waals surface area contributed by atoms with Crippen LogP contribution in [0.4, 0.5) is 13.2 Å². The van der Waals surface area contributed by atoms with Crippen LogP contribution < -0.4 is 0 Å². The molecule has 2 rings (SSSR count). The molecule has 0 spiro atoms. The van der Waals surface area contributed by atoms with E-state index in [1.165, 1.54) is 6.07 Å². The maximum Gasteiger partial charge on any atom is 0.501 e. The Bertz CT molecular complexity index is 620. The normalized spacial score (nSPS) is 16.5. The van der Waals surface area contributed by atoms with Gasteiger partial charge in [-0.3, -0.25) is 0 Å². The number of sulfone groups is 1. The van der Waals surface area contributed by atoms with Gasteiger partial charge in [-0.25, -0.2) is 13.1 Å². The number of benzene rings is 1. The van der Waals surface area contributed by atoms with Gasteiger partial charge in [-0.15, -0.1) is 0 Å². The fourth-order valence-corrected chi connectivity index (χ4v) is 3.20. The topological polar surface area (TPSA) is 37.4 Å². The zero-order valence-corrected chi connectivity index (χ0v) is 15.0. The van der Waals surface area contributed by atoms with Crippen LogP contribution in [0.15, 0.2) is 23.1 Å². The van der Waals surface area contributed by atoms with Crippen molar-refractivity contribution in [2.24, 2.45) is 0 Å². The van der Waals surface area contributed by atoms with Crippen molar-refractivity contribution < 1.29 is 44.0 Å². The first-order chi connectivity index (χ1) is 9.13. The third-order valence-corrected chi connectivity index (χ3v) is 5.21. The maximum atomic E-state index is 12.5. The van der Waals surface area contributed by atoms with Gasteiger partial charge < -0.3 is 30.2 Å². The molecule has 3 nitrogen and oxygen atoms in total. The number of alkyl halides is 3. The summed E-state index contributed by atoms with van der Waals surface area (Å²) in [5.74, 6) is 0. The predicted molar refractivity (Wildman–Crippen MR) is 72.3 cm³/mol. The van der Waals surface area contributed by atoms with Crippen molar-refractivity contribution >= 4 is 35.1 Å². The largest absolute Gasteiger partial charge is 0.800 e. The smallest absolute Gasteiger partial charge is 0.501 e. The summed E-state index contributed by atoms with van der Waals surface area (Å²) in [6.07, 6.45) is 0.431. The van der Waals surface area contributed by atoms with Crippen molar-refractivity contribution in [1.82, 2.24) is 4.90 Å². The van der Waals surface area contributed by atoms with Gasteiger partial charge in [-0.1, -0.05) is 6.07 Å². The number of hydrogen-bond donors (Lipinski definition) is 0. The second kappa shape index (κ2) is 6.86. The Balaban J connectivity index is 0.00000220. The third kappa shape index (κ3) is 4.01. The average Bonchev–Trinajstić information content (AvgIpc) is 2.36. The summed E-state index contributed by atoms with van der Waals surface area (Å²) in [6, 6.07) is 3.47. The van der Waals surface area contributed by atoms with E-state index < -0.39 is 24.9 Å². The minimum Gasteiger partial charge on any atom is -0.800 e. The van der Waals surface area contributed by atoms with Crippen LogP contribution >= 0.6 is 0 Å². The van der Waals surface area contributed by atoms with Gasteiger partial charge in [0.1, 0.15) is 0 Å². The van der Waals surface area contributed by atoms with Gasteiger partial charge in [0.2, 0.25) is 0 Å². The predicted octanol–water partition coefficient (Wildman–Crippen LogP) is 1.71. The van der Waals surface area contributed by atoms with Crippen LogP contribution in [-0.4, -0.2) is 30.1 Å². The summed E-state index contributed by atoms with van der Waals surface area (Å²) in [5.41, 5.74) is -3.93. The van der Waals surface area contributed by atoms with Gasteiger partial charge in [0.05, 0.1) is 4.90 Å². The molecule has 0 N–H and O–H groups in total. The zero-order valence-electron chi connectivity index (χ0n) is 10.4. The van der Waals surface area contributed by atoms with Gasteiger partial charge >= 0.3 is 5.51 Å². The molecule has 1 aliphatic heterocycles. The zero-order chi connectivity index (χ0) is 15.1. The monoisotopic (exact) mass is 538 g/mol. The Kier molecular flexibility index (Phi) is 6.34. The Morgan fingerprint density at radius 1 is 1.19 bits per heavy atom. The summed E-state index contributed by atoms with van der Waals surface area (Å²) in [4.78, 5) is 1.11. The summed E-state index contributed by atoms with van der Waals surface area (Å²) in [7, 11) is -5.29. The fraction of sp³-hybridized carbons (Fsp3) is 0.455. The molecule has 1 radical (unpaired) electrons. The van der Waals surface area contributed by atoms with Crippen molar-refractivity contribution in [3.8, 4) is 0 Å². The van der Waals surface area contributed by atoms with Crippen molar-refractivity contribution in [3.63, 3.8) is 0 Å². The van der Waals surface area contributed by atoms with Crippen molar-refractivity contribution in [2.45, 2.75) is 28.1 Å². The molecule has 0 amide bonds. The van der Waals surface area contributed by atoms with Crippen LogP contribution in [0, 0.1) is 0 Å². The van der Waals surface area contributed by atoms with Gasteiger partial charge in [-0.2, -0.15) is 13.2 Å². The van der Waals surface area contributed by atoms with Crippen LogP contribution in [0.3, 0.4) is 0 Å². The van der Waals surface area contributed by atoms with E-state index in [-0.39, 0.29) is 22.4 Å². The summed E-state index contributed by atoms with van der Waals surface area (Å²) >= 11 is 9.92. The molecule has 21 heavy (non-hydrogen) atoms. The molecule has 123 valence electrons. The molecule has 0 saturated heterocycles. The molecular formula is C11H10AuF3NO2S3-2. The molecule has 10 heteroatoms. The molecule has 0 unspecified atom stereocenters. The summed E-state index contributed by atoms with van der Waals surface area (Å²) in [6.45, 7) is 0.944. The Morgan fingerprint density at radius 3 is 2.33 bits per heavy atom. The number of fused-ring (bicyclic) bond motifs is 1. The van der Waals surface area contributed by atoms with E-state index >= 15 is 0 Å². The first kappa shape index (κ1) is 19.4. The molecule has 0 aliphatic carbocycles. The summed E-state index contributed by atoms with van der Waals surface area (Å²) < 4.78 is 59.7. The standard InChI is InChI=1S/C11H12F3NO2S3.Au/c12-11(13,14)20(16,17)9-2-1-8-6-15(10(18)19)4-3-7(8)5-9;/h1-2,5,10,18-19H,3-4,6H2;/p-2. The molecule has 0 atom stereocenters. The number of rotatable bonds is 2. The molecule has 0 bridgehead atoms. The van der Waals surface area contributed by atoms with Crippen molar-refractivity contribution in [3.05, 3.63) is 29.3 Å². The van der Waals surface area contributed by atoms with E-state index in [4.69, 9.17) is 25.3 Å².